The number of likely N-dealkylation sites (tertiary alicyclic amines) is 1. The Hall–Kier alpha value is -1.16. The van der Waals surface area contributed by atoms with Crippen molar-refractivity contribution in [3.05, 3.63) is 12.2 Å². The van der Waals surface area contributed by atoms with Gasteiger partial charge in [0.1, 0.15) is 0 Å². The average molecular weight is 220 g/mol. The van der Waals surface area contributed by atoms with Gasteiger partial charge in [-0.2, -0.15) is 0 Å². The Morgan fingerprint density at radius 2 is 1.94 bits per heavy atom. The summed E-state index contributed by atoms with van der Waals surface area (Å²) in [5, 5.41) is 3.33. The monoisotopic (exact) mass is 220 g/mol. The van der Waals surface area contributed by atoms with E-state index in [9.17, 15) is 9.59 Å². The molecule has 16 heavy (non-hydrogen) atoms. The van der Waals surface area contributed by atoms with E-state index in [4.69, 9.17) is 0 Å². The zero-order chi connectivity index (χ0) is 11.3. The van der Waals surface area contributed by atoms with Crippen LogP contribution in [0.3, 0.4) is 0 Å². The fourth-order valence-corrected chi connectivity index (χ4v) is 2.26. The molecule has 3 fully saturated rings. The molecule has 0 aromatic rings. The summed E-state index contributed by atoms with van der Waals surface area (Å²) in [7, 11) is 0. The minimum atomic E-state index is 0.0108. The molecule has 4 nitrogen and oxygen atoms in total. The van der Waals surface area contributed by atoms with Crippen LogP contribution < -0.4 is 5.32 Å². The van der Waals surface area contributed by atoms with Crippen LogP contribution in [0.15, 0.2) is 12.2 Å². The highest BCUT2D eigenvalue weighted by Crippen LogP contribution is 2.46. The number of rotatable bonds is 5. The molecule has 3 rings (SSSR count). The number of hydrogen-bond donors (Lipinski definition) is 1. The maximum absolute atomic E-state index is 11.7. The van der Waals surface area contributed by atoms with E-state index in [0.29, 0.717) is 12.6 Å². The first-order chi connectivity index (χ1) is 7.66. The van der Waals surface area contributed by atoms with Crippen LogP contribution in [-0.4, -0.2) is 35.8 Å². The molecular weight excluding hydrogens is 204 g/mol. The molecule has 3 aliphatic rings. The van der Waals surface area contributed by atoms with Crippen LogP contribution in [0.4, 0.5) is 0 Å². The number of carbonyl (C=O) groups is 2. The van der Waals surface area contributed by atoms with Gasteiger partial charge in [0.25, 0.3) is 0 Å². The lowest BCUT2D eigenvalue weighted by atomic mass is 10.2. The molecule has 0 bridgehead atoms. The van der Waals surface area contributed by atoms with Gasteiger partial charge in [0.15, 0.2) is 0 Å². The predicted octanol–water partition coefficient (Wildman–Crippen LogP) is 0.299. The topological polar surface area (TPSA) is 49.4 Å². The Morgan fingerprint density at radius 1 is 1.31 bits per heavy atom. The summed E-state index contributed by atoms with van der Waals surface area (Å²) in [6, 6.07) is 0.634. The Labute approximate surface area is 94.7 Å². The third-order valence-electron chi connectivity index (χ3n) is 3.56. The lowest BCUT2D eigenvalue weighted by Crippen LogP contribution is -2.36. The van der Waals surface area contributed by atoms with Crippen molar-refractivity contribution in [2.75, 3.05) is 13.1 Å². The minimum absolute atomic E-state index is 0.0108. The van der Waals surface area contributed by atoms with Gasteiger partial charge in [0.05, 0.1) is 18.4 Å². The van der Waals surface area contributed by atoms with Crippen molar-refractivity contribution in [2.45, 2.75) is 25.3 Å². The van der Waals surface area contributed by atoms with E-state index in [1.165, 1.54) is 17.7 Å². The molecule has 2 atom stereocenters. The Kier molecular flexibility index (Phi) is 2.14. The zero-order valence-corrected chi connectivity index (χ0v) is 9.24. The van der Waals surface area contributed by atoms with Gasteiger partial charge in [-0.3, -0.25) is 14.5 Å². The standard InChI is InChI=1S/C12H16N2O2/c1-7(5-13-8-2-3-8)6-14-11(15)9-4-10(9)12(14)16/h8-10,13H,1-6H2. The third kappa shape index (κ3) is 1.67. The van der Waals surface area contributed by atoms with Crippen molar-refractivity contribution in [1.82, 2.24) is 10.2 Å². The van der Waals surface area contributed by atoms with Gasteiger partial charge in [-0.15, -0.1) is 0 Å². The summed E-state index contributed by atoms with van der Waals surface area (Å²) in [5.74, 6) is 0.0542. The normalized spacial score (nSPS) is 31.9. The molecule has 2 amide bonds. The lowest BCUT2D eigenvalue weighted by molar-refractivity contribution is -0.140. The summed E-state index contributed by atoms with van der Waals surface area (Å²) >= 11 is 0. The number of piperidine rings is 1. The molecular formula is C12H16N2O2. The molecule has 0 radical (unpaired) electrons. The van der Waals surface area contributed by atoms with Crippen molar-refractivity contribution in [2.24, 2.45) is 11.8 Å². The van der Waals surface area contributed by atoms with Crippen LogP contribution in [0, 0.1) is 11.8 Å². The number of nitrogens with zero attached hydrogens (tertiary/aromatic N) is 1. The summed E-state index contributed by atoms with van der Waals surface area (Å²) < 4.78 is 0. The second kappa shape index (κ2) is 3.42. The van der Waals surface area contributed by atoms with Crippen molar-refractivity contribution in [3.63, 3.8) is 0 Å². The van der Waals surface area contributed by atoms with Gasteiger partial charge in [-0.05, 0) is 24.8 Å². The molecule has 2 saturated carbocycles. The summed E-state index contributed by atoms with van der Waals surface area (Å²) in [4.78, 5) is 24.8. The van der Waals surface area contributed by atoms with Crippen molar-refractivity contribution >= 4 is 11.8 Å². The fraction of sp³-hybridized carbons (Fsp3) is 0.667. The second-order valence-corrected chi connectivity index (χ2v) is 5.12. The summed E-state index contributed by atoms with van der Waals surface area (Å²) in [6.07, 6.45) is 3.25. The number of carbonyl (C=O) groups excluding carboxylic acids is 2. The van der Waals surface area contributed by atoms with E-state index in [-0.39, 0.29) is 23.7 Å². The largest absolute Gasteiger partial charge is 0.310 e. The summed E-state index contributed by atoms with van der Waals surface area (Å²) in [5.41, 5.74) is 0.926. The smallest absolute Gasteiger partial charge is 0.233 e. The highest BCUT2D eigenvalue weighted by atomic mass is 16.2. The Bertz CT molecular complexity index is 353. The van der Waals surface area contributed by atoms with Gasteiger partial charge in [0, 0.05) is 12.6 Å². The minimum Gasteiger partial charge on any atom is -0.310 e. The highest BCUT2D eigenvalue weighted by Gasteiger charge is 2.58. The molecule has 1 saturated heterocycles. The van der Waals surface area contributed by atoms with Crippen molar-refractivity contribution in [3.8, 4) is 0 Å². The molecule has 1 aliphatic heterocycles. The summed E-state index contributed by atoms with van der Waals surface area (Å²) in [6.45, 7) is 5.04. The maximum atomic E-state index is 11.7. The van der Waals surface area contributed by atoms with E-state index in [2.05, 4.69) is 11.9 Å². The van der Waals surface area contributed by atoms with Crippen LogP contribution >= 0.6 is 0 Å². The fourth-order valence-electron chi connectivity index (χ4n) is 2.26. The first kappa shape index (κ1) is 10.0. The van der Waals surface area contributed by atoms with Crippen molar-refractivity contribution < 1.29 is 9.59 Å². The quantitative estimate of drug-likeness (QED) is 0.535. The maximum Gasteiger partial charge on any atom is 0.233 e. The lowest BCUT2D eigenvalue weighted by Gasteiger charge is -2.18. The molecule has 1 N–H and O–H groups in total. The third-order valence-corrected chi connectivity index (χ3v) is 3.56. The van der Waals surface area contributed by atoms with Crippen LogP contribution in [0.5, 0.6) is 0 Å². The molecule has 86 valence electrons. The molecule has 0 aromatic carbocycles. The first-order valence-electron chi connectivity index (χ1n) is 5.92. The number of nitrogens with one attached hydrogen (secondary N) is 1. The van der Waals surface area contributed by atoms with Gasteiger partial charge in [-0.25, -0.2) is 0 Å². The highest BCUT2D eigenvalue weighted by molar-refractivity contribution is 6.09. The molecule has 1 heterocycles. The average Bonchev–Trinajstić information content (AvgIpc) is 3.14. The zero-order valence-electron chi connectivity index (χ0n) is 9.24. The van der Waals surface area contributed by atoms with Gasteiger partial charge >= 0.3 is 0 Å². The van der Waals surface area contributed by atoms with E-state index < -0.39 is 0 Å². The van der Waals surface area contributed by atoms with Crippen LogP contribution in [0.2, 0.25) is 0 Å². The Morgan fingerprint density at radius 3 is 2.50 bits per heavy atom. The van der Waals surface area contributed by atoms with Gasteiger partial charge < -0.3 is 5.32 Å². The molecule has 4 heteroatoms. The molecule has 2 unspecified atom stereocenters. The molecule has 0 spiro atoms. The molecule has 0 aromatic heterocycles. The molecule has 2 aliphatic carbocycles. The van der Waals surface area contributed by atoms with E-state index >= 15 is 0 Å². The van der Waals surface area contributed by atoms with Gasteiger partial charge in [-0.1, -0.05) is 6.58 Å². The number of imide groups is 1. The van der Waals surface area contributed by atoms with Crippen LogP contribution in [0.1, 0.15) is 19.3 Å². The van der Waals surface area contributed by atoms with Crippen LogP contribution in [-0.2, 0) is 9.59 Å². The SMILES string of the molecule is C=C(CNC1CC1)CN1C(=O)C2CC2C1=O. The second-order valence-electron chi connectivity index (χ2n) is 5.12. The van der Waals surface area contributed by atoms with E-state index in [1.807, 2.05) is 0 Å². The van der Waals surface area contributed by atoms with Gasteiger partial charge in [0.2, 0.25) is 11.8 Å². The number of fused-ring (bicyclic) bond motifs is 1. The van der Waals surface area contributed by atoms with E-state index in [0.717, 1.165) is 18.5 Å². The predicted molar refractivity (Wildman–Crippen MR) is 58.5 cm³/mol. The van der Waals surface area contributed by atoms with Crippen molar-refractivity contribution in [1.29, 1.82) is 0 Å². The number of hydrogen-bond acceptors (Lipinski definition) is 3. The Balaban J connectivity index is 1.51. The number of amides is 2. The van der Waals surface area contributed by atoms with E-state index in [1.54, 1.807) is 0 Å². The van der Waals surface area contributed by atoms with Crippen LogP contribution in [0.25, 0.3) is 0 Å². The first-order valence-corrected chi connectivity index (χ1v) is 5.92.